The van der Waals surface area contributed by atoms with Gasteiger partial charge in [0.15, 0.2) is 0 Å². The van der Waals surface area contributed by atoms with E-state index in [-0.39, 0.29) is 5.91 Å². The number of ether oxygens (including phenoxy) is 1. The fraction of sp³-hybridized carbons (Fsp3) is 0.0870. The molecule has 0 saturated heterocycles. The molecule has 6 heteroatoms. The normalized spacial score (nSPS) is 11.1. The molecule has 0 bridgehead atoms. The summed E-state index contributed by atoms with van der Waals surface area (Å²) in [6.07, 6.45) is 5.06. The topological polar surface area (TPSA) is 64.1 Å². The molecule has 0 saturated carbocycles. The predicted octanol–water partition coefficient (Wildman–Crippen LogP) is 5.33. The minimum atomic E-state index is -0.188. The van der Waals surface area contributed by atoms with Crippen molar-refractivity contribution in [3.05, 3.63) is 78.0 Å². The Hall–Kier alpha value is -3.51. The molecule has 0 fully saturated rings. The minimum absolute atomic E-state index is 0.188. The highest BCUT2D eigenvalue weighted by Gasteiger charge is 2.10. The van der Waals surface area contributed by atoms with Crippen molar-refractivity contribution in [3.63, 3.8) is 0 Å². The van der Waals surface area contributed by atoms with Gasteiger partial charge in [-0.3, -0.25) is 4.79 Å². The SMILES string of the molecule is COc1ccc(/C=C/C(=O)Nc2cc(-c3nc4cccnc4s3)ccc2C)cc1. The smallest absolute Gasteiger partial charge is 0.248 e. The number of aryl methyl sites for hydroxylation is 1. The van der Waals surface area contributed by atoms with E-state index in [1.165, 1.54) is 17.4 Å². The first-order valence-corrected chi connectivity index (χ1v) is 9.90. The molecule has 5 nitrogen and oxygen atoms in total. The van der Waals surface area contributed by atoms with Gasteiger partial charge < -0.3 is 10.1 Å². The third-order valence-electron chi connectivity index (χ3n) is 4.45. The van der Waals surface area contributed by atoms with E-state index >= 15 is 0 Å². The van der Waals surface area contributed by atoms with Crippen LogP contribution in [0.1, 0.15) is 11.1 Å². The largest absolute Gasteiger partial charge is 0.497 e. The molecule has 0 aliphatic rings. The van der Waals surface area contributed by atoms with Gasteiger partial charge in [-0.2, -0.15) is 0 Å². The van der Waals surface area contributed by atoms with E-state index < -0.39 is 0 Å². The van der Waals surface area contributed by atoms with Crippen LogP contribution in [0.2, 0.25) is 0 Å². The van der Waals surface area contributed by atoms with Crippen LogP contribution < -0.4 is 10.1 Å². The molecule has 1 N–H and O–H groups in total. The Labute approximate surface area is 172 Å². The van der Waals surface area contributed by atoms with E-state index in [9.17, 15) is 4.79 Å². The van der Waals surface area contributed by atoms with E-state index in [4.69, 9.17) is 4.74 Å². The van der Waals surface area contributed by atoms with Gasteiger partial charge in [0.1, 0.15) is 21.1 Å². The average molecular weight is 401 g/mol. The van der Waals surface area contributed by atoms with Crippen LogP contribution in [0.3, 0.4) is 0 Å². The summed E-state index contributed by atoms with van der Waals surface area (Å²) in [7, 11) is 1.62. The summed E-state index contributed by atoms with van der Waals surface area (Å²) < 4.78 is 5.14. The van der Waals surface area contributed by atoms with Crippen molar-refractivity contribution >= 4 is 39.4 Å². The van der Waals surface area contributed by atoms with E-state index in [2.05, 4.69) is 15.3 Å². The van der Waals surface area contributed by atoms with E-state index in [0.29, 0.717) is 0 Å². The lowest BCUT2D eigenvalue weighted by molar-refractivity contribution is -0.111. The number of nitrogens with one attached hydrogen (secondary N) is 1. The van der Waals surface area contributed by atoms with Gasteiger partial charge in [-0.15, -0.1) is 0 Å². The van der Waals surface area contributed by atoms with Gasteiger partial charge in [0.05, 0.1) is 7.11 Å². The Bertz CT molecular complexity index is 1160. The third kappa shape index (κ3) is 4.33. The van der Waals surface area contributed by atoms with E-state index in [1.54, 1.807) is 19.4 Å². The molecule has 0 atom stereocenters. The maximum atomic E-state index is 12.4. The van der Waals surface area contributed by atoms with Crippen LogP contribution in [0.25, 0.3) is 27.0 Å². The Morgan fingerprint density at radius 2 is 1.97 bits per heavy atom. The average Bonchev–Trinajstić information content (AvgIpc) is 3.18. The summed E-state index contributed by atoms with van der Waals surface area (Å²) in [5.41, 5.74) is 4.50. The fourth-order valence-electron chi connectivity index (χ4n) is 2.84. The molecule has 144 valence electrons. The number of hydrogen-bond acceptors (Lipinski definition) is 5. The Morgan fingerprint density at radius 3 is 2.72 bits per heavy atom. The van der Waals surface area contributed by atoms with Crippen molar-refractivity contribution in [2.24, 2.45) is 0 Å². The molecule has 2 aromatic carbocycles. The van der Waals surface area contributed by atoms with Gasteiger partial charge >= 0.3 is 0 Å². The first kappa shape index (κ1) is 18.8. The van der Waals surface area contributed by atoms with Crippen molar-refractivity contribution in [1.82, 2.24) is 9.97 Å². The lowest BCUT2D eigenvalue weighted by Gasteiger charge is -2.08. The number of anilines is 1. The van der Waals surface area contributed by atoms with Crippen LogP contribution in [0.15, 0.2) is 66.9 Å². The number of nitrogens with zero attached hydrogens (tertiary/aromatic N) is 2. The number of hydrogen-bond donors (Lipinski definition) is 1. The molecular formula is C23H19N3O2S. The Morgan fingerprint density at radius 1 is 1.14 bits per heavy atom. The summed E-state index contributed by atoms with van der Waals surface area (Å²) in [6, 6.07) is 17.3. The number of aromatic nitrogens is 2. The number of pyridine rings is 1. The van der Waals surface area contributed by atoms with Gasteiger partial charge in [-0.25, -0.2) is 9.97 Å². The van der Waals surface area contributed by atoms with Crippen LogP contribution in [0.4, 0.5) is 5.69 Å². The molecule has 0 aliphatic heterocycles. The molecule has 1 amide bonds. The molecule has 2 aromatic heterocycles. The van der Waals surface area contributed by atoms with Crippen LogP contribution in [-0.4, -0.2) is 23.0 Å². The number of methoxy groups -OCH3 is 1. The molecule has 0 spiro atoms. The molecule has 0 radical (unpaired) electrons. The zero-order valence-electron chi connectivity index (χ0n) is 16.0. The predicted molar refractivity (Wildman–Crippen MR) is 118 cm³/mol. The van der Waals surface area contributed by atoms with Crippen LogP contribution in [-0.2, 0) is 4.79 Å². The number of carbonyl (C=O) groups is 1. The fourth-order valence-corrected chi connectivity index (χ4v) is 3.75. The number of carbonyl (C=O) groups excluding carboxylic acids is 1. The van der Waals surface area contributed by atoms with Gasteiger partial charge in [0.2, 0.25) is 5.91 Å². The first-order valence-electron chi connectivity index (χ1n) is 9.08. The van der Waals surface area contributed by atoms with Gasteiger partial charge in [0.25, 0.3) is 0 Å². The molecule has 0 aliphatic carbocycles. The summed E-state index contributed by atoms with van der Waals surface area (Å²) in [4.78, 5) is 22.3. The molecule has 2 heterocycles. The summed E-state index contributed by atoms with van der Waals surface area (Å²) in [5, 5.41) is 3.84. The Kier molecular flexibility index (Phi) is 5.35. The molecule has 4 aromatic rings. The zero-order valence-corrected chi connectivity index (χ0v) is 16.9. The number of benzene rings is 2. The van der Waals surface area contributed by atoms with E-state index in [0.717, 1.165) is 43.5 Å². The maximum absolute atomic E-state index is 12.4. The second kappa shape index (κ2) is 8.24. The van der Waals surface area contributed by atoms with Crippen LogP contribution >= 0.6 is 11.3 Å². The summed E-state index contributed by atoms with van der Waals surface area (Å²) in [6.45, 7) is 1.96. The lowest BCUT2D eigenvalue weighted by Crippen LogP contribution is -2.09. The van der Waals surface area contributed by atoms with Gasteiger partial charge in [-0.05, 0) is 54.5 Å². The van der Waals surface area contributed by atoms with Crippen LogP contribution in [0, 0.1) is 6.92 Å². The molecule has 0 unspecified atom stereocenters. The highest BCUT2D eigenvalue weighted by atomic mass is 32.1. The van der Waals surface area contributed by atoms with Crippen molar-refractivity contribution in [2.75, 3.05) is 12.4 Å². The maximum Gasteiger partial charge on any atom is 0.248 e. The van der Waals surface area contributed by atoms with Gasteiger partial charge in [-0.1, -0.05) is 35.6 Å². The number of thiazole rings is 1. The second-order valence-corrected chi connectivity index (χ2v) is 7.45. The van der Waals surface area contributed by atoms with Crippen molar-refractivity contribution < 1.29 is 9.53 Å². The Balaban J connectivity index is 1.52. The standard InChI is InChI=1S/C23H19N3O2S/c1-15-5-9-17(22-26-19-4-3-13-24-23(19)29-22)14-20(15)25-21(27)12-8-16-6-10-18(28-2)11-7-16/h3-14H,1-2H3,(H,25,27)/b12-8+. The zero-order chi connectivity index (χ0) is 20.2. The van der Waals surface area contributed by atoms with Gasteiger partial charge in [0, 0.05) is 23.5 Å². The lowest BCUT2D eigenvalue weighted by atomic mass is 10.1. The monoisotopic (exact) mass is 401 g/mol. The number of rotatable bonds is 5. The first-order chi connectivity index (χ1) is 14.1. The van der Waals surface area contributed by atoms with Crippen LogP contribution in [0.5, 0.6) is 5.75 Å². The summed E-state index contributed by atoms with van der Waals surface area (Å²) in [5.74, 6) is 0.594. The number of fused-ring (bicyclic) bond motifs is 1. The van der Waals surface area contributed by atoms with Crippen molar-refractivity contribution in [2.45, 2.75) is 6.92 Å². The highest BCUT2D eigenvalue weighted by molar-refractivity contribution is 7.21. The summed E-state index contributed by atoms with van der Waals surface area (Å²) >= 11 is 1.54. The number of amides is 1. The molecule has 29 heavy (non-hydrogen) atoms. The molecule has 4 rings (SSSR count). The highest BCUT2D eigenvalue weighted by Crippen LogP contribution is 2.31. The third-order valence-corrected chi connectivity index (χ3v) is 5.48. The van der Waals surface area contributed by atoms with Crippen molar-refractivity contribution in [3.8, 4) is 16.3 Å². The minimum Gasteiger partial charge on any atom is -0.497 e. The molecular weight excluding hydrogens is 382 g/mol. The van der Waals surface area contributed by atoms with Crippen molar-refractivity contribution in [1.29, 1.82) is 0 Å². The van der Waals surface area contributed by atoms with E-state index in [1.807, 2.05) is 61.5 Å². The second-order valence-electron chi connectivity index (χ2n) is 6.47. The quantitative estimate of drug-likeness (QED) is 0.459.